The van der Waals surface area contributed by atoms with Crippen LogP contribution < -0.4 is 5.43 Å². The van der Waals surface area contributed by atoms with E-state index in [1.807, 2.05) is 0 Å². The standard InChI is InChI=1S/C18H24N4O2/c1-18(2,3)10-12-6-7-15-14(9-12)16(21-20-15)17(23)22-19-11-13-5-4-8-24-13/h4-5,8,11-12H,6-7,9-10H2,1-3H3,(H,20,21)(H,22,23)/b19-11+. The Morgan fingerprint density at radius 3 is 3.08 bits per heavy atom. The molecule has 0 saturated carbocycles. The second-order valence-corrected chi connectivity index (χ2v) is 7.62. The summed E-state index contributed by atoms with van der Waals surface area (Å²) in [7, 11) is 0. The van der Waals surface area contributed by atoms with Gasteiger partial charge in [-0.15, -0.1) is 0 Å². The summed E-state index contributed by atoms with van der Waals surface area (Å²) in [5, 5.41) is 11.1. The van der Waals surface area contributed by atoms with Crippen LogP contribution in [0.5, 0.6) is 0 Å². The Hall–Kier alpha value is -2.37. The molecular formula is C18H24N4O2. The third-order valence-corrected chi connectivity index (χ3v) is 4.27. The predicted molar refractivity (Wildman–Crippen MR) is 91.9 cm³/mol. The molecule has 1 aliphatic carbocycles. The van der Waals surface area contributed by atoms with Crippen LogP contribution in [0, 0.1) is 11.3 Å². The number of aromatic amines is 1. The molecule has 0 radical (unpaired) electrons. The topological polar surface area (TPSA) is 83.3 Å². The first kappa shape index (κ1) is 16.5. The highest BCUT2D eigenvalue weighted by Crippen LogP contribution is 2.34. The van der Waals surface area contributed by atoms with E-state index in [-0.39, 0.29) is 5.91 Å². The maximum atomic E-state index is 12.4. The summed E-state index contributed by atoms with van der Waals surface area (Å²) in [5.41, 5.74) is 5.40. The molecule has 0 aromatic carbocycles. The van der Waals surface area contributed by atoms with Gasteiger partial charge in [-0.2, -0.15) is 10.2 Å². The number of nitrogens with one attached hydrogen (secondary N) is 2. The number of aromatic nitrogens is 2. The minimum Gasteiger partial charge on any atom is -0.463 e. The number of carbonyl (C=O) groups excluding carboxylic acids is 1. The van der Waals surface area contributed by atoms with Crippen LogP contribution >= 0.6 is 0 Å². The Balaban J connectivity index is 1.67. The summed E-state index contributed by atoms with van der Waals surface area (Å²) in [6.45, 7) is 6.78. The Labute approximate surface area is 141 Å². The van der Waals surface area contributed by atoms with Gasteiger partial charge in [0.15, 0.2) is 5.69 Å². The van der Waals surface area contributed by atoms with Crippen molar-refractivity contribution in [1.29, 1.82) is 0 Å². The fourth-order valence-corrected chi connectivity index (χ4v) is 3.37. The minimum absolute atomic E-state index is 0.285. The minimum atomic E-state index is -0.285. The quantitative estimate of drug-likeness (QED) is 0.667. The van der Waals surface area contributed by atoms with Crippen molar-refractivity contribution in [1.82, 2.24) is 15.6 Å². The molecule has 1 unspecified atom stereocenters. The molecule has 0 fully saturated rings. The lowest BCUT2D eigenvalue weighted by Crippen LogP contribution is -2.24. The van der Waals surface area contributed by atoms with E-state index in [9.17, 15) is 4.79 Å². The van der Waals surface area contributed by atoms with Gasteiger partial charge in [-0.1, -0.05) is 20.8 Å². The van der Waals surface area contributed by atoms with Gasteiger partial charge in [0.25, 0.3) is 5.91 Å². The first-order valence-electron chi connectivity index (χ1n) is 8.35. The van der Waals surface area contributed by atoms with Gasteiger partial charge in [0.05, 0.1) is 12.5 Å². The number of fused-ring (bicyclic) bond motifs is 1. The predicted octanol–water partition coefficient (Wildman–Crippen LogP) is 3.31. The van der Waals surface area contributed by atoms with E-state index >= 15 is 0 Å². The lowest BCUT2D eigenvalue weighted by Gasteiger charge is -2.28. The molecule has 2 aromatic rings. The van der Waals surface area contributed by atoms with E-state index in [1.165, 1.54) is 6.21 Å². The number of hydrogen-bond acceptors (Lipinski definition) is 4. The van der Waals surface area contributed by atoms with Crippen LogP contribution in [0.1, 0.15) is 61.1 Å². The number of H-pyrrole nitrogens is 1. The van der Waals surface area contributed by atoms with E-state index in [0.717, 1.165) is 36.9 Å². The number of nitrogens with zero attached hydrogens (tertiary/aromatic N) is 2. The van der Waals surface area contributed by atoms with Crippen LogP contribution in [-0.2, 0) is 12.8 Å². The SMILES string of the molecule is CC(C)(C)CC1CCc2[nH]nc(C(=O)N/N=C/c3ccco3)c2C1. The summed E-state index contributed by atoms with van der Waals surface area (Å²) < 4.78 is 5.13. The van der Waals surface area contributed by atoms with Crippen molar-refractivity contribution in [2.75, 3.05) is 0 Å². The van der Waals surface area contributed by atoms with Crippen molar-refractivity contribution >= 4 is 12.1 Å². The monoisotopic (exact) mass is 328 g/mol. The van der Waals surface area contributed by atoms with Crippen LogP contribution in [-0.4, -0.2) is 22.3 Å². The molecule has 6 nitrogen and oxygen atoms in total. The molecular weight excluding hydrogens is 304 g/mol. The second kappa shape index (κ2) is 6.63. The van der Waals surface area contributed by atoms with Crippen molar-refractivity contribution in [3.63, 3.8) is 0 Å². The van der Waals surface area contributed by atoms with Gasteiger partial charge in [0.1, 0.15) is 5.76 Å². The molecule has 0 aliphatic heterocycles. The highest BCUT2D eigenvalue weighted by molar-refractivity contribution is 5.94. The van der Waals surface area contributed by atoms with E-state index in [2.05, 4.69) is 41.5 Å². The fourth-order valence-electron chi connectivity index (χ4n) is 3.37. The molecule has 2 aromatic heterocycles. The number of carbonyl (C=O) groups is 1. The van der Waals surface area contributed by atoms with Crippen molar-refractivity contribution in [3.8, 4) is 0 Å². The van der Waals surface area contributed by atoms with Crippen molar-refractivity contribution in [2.45, 2.75) is 46.5 Å². The van der Waals surface area contributed by atoms with Gasteiger partial charge in [-0.25, -0.2) is 5.43 Å². The molecule has 1 aliphatic rings. The summed E-state index contributed by atoms with van der Waals surface area (Å²) >= 11 is 0. The maximum Gasteiger partial charge on any atom is 0.292 e. The van der Waals surface area contributed by atoms with Crippen LogP contribution in [0.15, 0.2) is 27.9 Å². The molecule has 2 heterocycles. The molecule has 6 heteroatoms. The fraction of sp³-hybridized carbons (Fsp3) is 0.500. The Bertz CT molecular complexity index is 723. The number of rotatable bonds is 4. The highest BCUT2D eigenvalue weighted by Gasteiger charge is 2.28. The normalized spacial score (nSPS) is 17.9. The average Bonchev–Trinajstić information content (AvgIpc) is 3.14. The van der Waals surface area contributed by atoms with Crippen LogP contribution in [0.4, 0.5) is 0 Å². The number of hydrazone groups is 1. The number of furan rings is 1. The molecule has 1 atom stereocenters. The number of aryl methyl sites for hydroxylation is 1. The van der Waals surface area contributed by atoms with E-state index in [1.54, 1.807) is 18.4 Å². The lowest BCUT2D eigenvalue weighted by atomic mass is 9.76. The van der Waals surface area contributed by atoms with Gasteiger partial charge in [0.2, 0.25) is 0 Å². The zero-order chi connectivity index (χ0) is 17.2. The van der Waals surface area contributed by atoms with E-state index in [4.69, 9.17) is 4.42 Å². The van der Waals surface area contributed by atoms with Crippen LogP contribution in [0.3, 0.4) is 0 Å². The Morgan fingerprint density at radius 1 is 1.54 bits per heavy atom. The summed E-state index contributed by atoms with van der Waals surface area (Å²) in [5.74, 6) is 0.893. The smallest absolute Gasteiger partial charge is 0.292 e. The lowest BCUT2D eigenvalue weighted by molar-refractivity contribution is 0.0948. The first-order valence-corrected chi connectivity index (χ1v) is 8.35. The molecule has 24 heavy (non-hydrogen) atoms. The third kappa shape index (κ3) is 3.93. The van der Waals surface area contributed by atoms with Crippen LogP contribution in [0.2, 0.25) is 0 Å². The van der Waals surface area contributed by atoms with Crippen molar-refractivity contribution in [3.05, 3.63) is 41.1 Å². The zero-order valence-corrected chi connectivity index (χ0v) is 14.4. The molecule has 0 bridgehead atoms. The molecule has 0 saturated heterocycles. The number of hydrogen-bond donors (Lipinski definition) is 2. The summed E-state index contributed by atoms with van der Waals surface area (Å²) in [6, 6.07) is 3.53. The summed E-state index contributed by atoms with van der Waals surface area (Å²) in [6.07, 6.45) is 7.17. The second-order valence-electron chi connectivity index (χ2n) is 7.62. The first-order chi connectivity index (χ1) is 11.4. The van der Waals surface area contributed by atoms with E-state index in [0.29, 0.717) is 22.8 Å². The molecule has 2 N–H and O–H groups in total. The average molecular weight is 328 g/mol. The van der Waals surface area contributed by atoms with Crippen molar-refractivity contribution in [2.24, 2.45) is 16.4 Å². The van der Waals surface area contributed by atoms with Gasteiger partial charge < -0.3 is 4.42 Å². The Kier molecular flexibility index (Phi) is 4.55. The molecule has 128 valence electrons. The molecule has 3 rings (SSSR count). The Morgan fingerprint density at radius 2 is 2.38 bits per heavy atom. The maximum absolute atomic E-state index is 12.4. The van der Waals surface area contributed by atoms with E-state index < -0.39 is 0 Å². The zero-order valence-electron chi connectivity index (χ0n) is 14.4. The van der Waals surface area contributed by atoms with Gasteiger partial charge in [-0.3, -0.25) is 9.89 Å². The van der Waals surface area contributed by atoms with Crippen molar-refractivity contribution < 1.29 is 9.21 Å². The highest BCUT2D eigenvalue weighted by atomic mass is 16.3. The van der Waals surface area contributed by atoms with Gasteiger partial charge in [-0.05, 0) is 49.1 Å². The van der Waals surface area contributed by atoms with Gasteiger partial charge >= 0.3 is 0 Å². The largest absolute Gasteiger partial charge is 0.463 e. The van der Waals surface area contributed by atoms with Gasteiger partial charge in [0, 0.05) is 11.3 Å². The third-order valence-electron chi connectivity index (χ3n) is 4.27. The van der Waals surface area contributed by atoms with Crippen LogP contribution in [0.25, 0.3) is 0 Å². The summed E-state index contributed by atoms with van der Waals surface area (Å²) in [4.78, 5) is 12.4. The number of amides is 1. The molecule has 0 spiro atoms. The molecule has 1 amide bonds.